The first kappa shape index (κ1) is 29.7. The molecule has 1 aliphatic heterocycles. The predicted molar refractivity (Wildman–Crippen MR) is 158 cm³/mol. The maximum Gasteiger partial charge on any atom is 0.261 e. The van der Waals surface area contributed by atoms with Gasteiger partial charge in [-0.05, 0) is 39.8 Å². The Labute approximate surface area is 228 Å². The van der Waals surface area contributed by atoms with Gasteiger partial charge in [0.15, 0.2) is 0 Å². The van der Waals surface area contributed by atoms with Crippen LogP contribution in [0.3, 0.4) is 0 Å². The molecule has 4 nitrogen and oxygen atoms in total. The number of benzene rings is 2. The van der Waals surface area contributed by atoms with E-state index >= 15 is 0 Å². The lowest BCUT2D eigenvalue weighted by Gasteiger charge is -2.44. The third-order valence-corrected chi connectivity index (χ3v) is 14.7. The zero-order valence-corrected chi connectivity index (χ0v) is 25.2. The molecular weight excluding hydrogens is 505 g/mol. The molecule has 7 heteroatoms. The zero-order valence-electron chi connectivity index (χ0n) is 22.6. The molecule has 0 bridgehead atoms. The summed E-state index contributed by atoms with van der Waals surface area (Å²) in [7, 11) is -0.884. The average Bonchev–Trinajstić information content (AvgIpc) is 2.89. The van der Waals surface area contributed by atoms with Crippen LogP contribution in [0, 0.1) is 5.92 Å². The highest BCUT2D eigenvalue weighted by Crippen LogP contribution is 2.38. The van der Waals surface area contributed by atoms with Gasteiger partial charge >= 0.3 is 0 Å². The first-order valence-electron chi connectivity index (χ1n) is 13.0. The summed E-state index contributed by atoms with van der Waals surface area (Å²) < 4.78 is 24.9. The lowest BCUT2D eigenvalue weighted by atomic mass is 10.0. The third kappa shape index (κ3) is 8.10. The van der Waals surface area contributed by atoms with Crippen molar-refractivity contribution >= 4 is 42.2 Å². The molecule has 0 unspecified atom stereocenters. The van der Waals surface area contributed by atoms with Crippen molar-refractivity contribution < 1.29 is 18.6 Å². The molecule has 2 aromatic carbocycles. The third-order valence-electron chi connectivity index (χ3n) is 6.73. The summed E-state index contributed by atoms with van der Waals surface area (Å²) in [6, 6.07) is 21.7. The second-order valence-electron chi connectivity index (χ2n) is 10.4. The van der Waals surface area contributed by atoms with Crippen molar-refractivity contribution in [3.8, 4) is 0 Å². The Balaban J connectivity index is 1.81. The van der Waals surface area contributed by atoms with E-state index in [1.807, 2.05) is 0 Å². The molecule has 0 amide bonds. The number of methoxy groups -OCH3 is 1. The minimum Gasteiger partial charge on any atom is -0.407 e. The van der Waals surface area contributed by atoms with E-state index in [4.69, 9.17) is 18.6 Å². The van der Waals surface area contributed by atoms with Crippen LogP contribution < -0.4 is 10.4 Å². The molecule has 2 atom stereocenters. The van der Waals surface area contributed by atoms with Crippen LogP contribution in [-0.4, -0.2) is 64.2 Å². The van der Waals surface area contributed by atoms with Crippen LogP contribution in [0.5, 0.6) is 0 Å². The predicted octanol–water partition coefficient (Wildman–Crippen LogP) is 5.79. The molecule has 1 aliphatic rings. The summed E-state index contributed by atoms with van der Waals surface area (Å²) in [6.45, 7) is 11.3. The van der Waals surface area contributed by atoms with E-state index in [-0.39, 0.29) is 17.1 Å². The van der Waals surface area contributed by atoms with Crippen molar-refractivity contribution in [3.63, 3.8) is 0 Å². The van der Waals surface area contributed by atoms with Gasteiger partial charge in [-0.3, -0.25) is 0 Å². The van der Waals surface area contributed by atoms with E-state index in [0.29, 0.717) is 31.2 Å². The Hall–Kier alpha value is -0.803. The van der Waals surface area contributed by atoms with Crippen LogP contribution in [0.25, 0.3) is 0 Å². The molecule has 1 saturated heterocycles. The highest BCUT2D eigenvalue weighted by molar-refractivity contribution is 8.17. The molecule has 2 aromatic rings. The summed E-state index contributed by atoms with van der Waals surface area (Å²) in [4.78, 5) is 0. The van der Waals surface area contributed by atoms with Gasteiger partial charge in [0.05, 0.1) is 23.9 Å². The van der Waals surface area contributed by atoms with Crippen LogP contribution in [0.2, 0.25) is 5.04 Å². The zero-order chi connectivity index (χ0) is 25.9. The summed E-state index contributed by atoms with van der Waals surface area (Å²) in [6.07, 6.45) is 2.38. The largest absolute Gasteiger partial charge is 0.407 e. The van der Waals surface area contributed by atoms with Gasteiger partial charge in [0.2, 0.25) is 0 Å². The van der Waals surface area contributed by atoms with Crippen LogP contribution in [0.1, 0.15) is 40.5 Å². The maximum atomic E-state index is 7.23. The van der Waals surface area contributed by atoms with Crippen LogP contribution in [0.4, 0.5) is 0 Å². The van der Waals surface area contributed by atoms with Gasteiger partial charge in [-0.2, -0.15) is 0 Å². The van der Waals surface area contributed by atoms with E-state index in [2.05, 4.69) is 112 Å². The van der Waals surface area contributed by atoms with Gasteiger partial charge in [0, 0.05) is 19.6 Å². The Morgan fingerprint density at radius 2 is 1.50 bits per heavy atom. The number of hydrogen-bond donors (Lipinski definition) is 0. The second-order valence-corrected chi connectivity index (χ2v) is 17.7. The first-order chi connectivity index (χ1) is 17.4. The van der Waals surface area contributed by atoms with Gasteiger partial charge in [0.25, 0.3) is 8.32 Å². The number of thioether (sulfide) groups is 2. The normalized spacial score (nSPS) is 17.1. The smallest absolute Gasteiger partial charge is 0.261 e. The molecule has 0 aliphatic carbocycles. The summed E-state index contributed by atoms with van der Waals surface area (Å²) in [5.74, 6) is 2.71. The monoisotopic (exact) mass is 548 g/mol. The summed E-state index contributed by atoms with van der Waals surface area (Å²) >= 11 is 4.14. The maximum absolute atomic E-state index is 7.23. The summed E-state index contributed by atoms with van der Waals surface area (Å²) in [5, 5.41) is 2.59. The summed E-state index contributed by atoms with van der Waals surface area (Å²) in [5.41, 5.74) is 0. The standard InChI is InChI=1S/C29H44O4S2Si/c1-24(27(32-23-31-18-17-30-5)21-28-34-19-12-20-35-28)22-33-36(29(2,3)4,25-13-8-6-9-14-25)26-15-10-7-11-16-26/h6-11,13-16,24,27-28H,12,17-23H2,1-5H3/t24-,27+/m1/s1. The minimum absolute atomic E-state index is 0.0376. The van der Waals surface area contributed by atoms with E-state index in [0.717, 1.165) is 6.42 Å². The Morgan fingerprint density at radius 3 is 2.03 bits per heavy atom. The van der Waals surface area contributed by atoms with Gasteiger partial charge in [-0.25, -0.2) is 0 Å². The fourth-order valence-corrected chi connectivity index (χ4v) is 12.4. The Morgan fingerprint density at radius 1 is 0.917 bits per heavy atom. The molecular formula is C29H44O4S2Si. The van der Waals surface area contributed by atoms with Crippen molar-refractivity contribution in [3.05, 3.63) is 60.7 Å². The molecule has 3 rings (SSSR count). The Bertz CT molecular complexity index is 817. The van der Waals surface area contributed by atoms with E-state index < -0.39 is 8.32 Å². The van der Waals surface area contributed by atoms with Gasteiger partial charge in [-0.15, -0.1) is 23.5 Å². The van der Waals surface area contributed by atoms with Crippen LogP contribution in [0.15, 0.2) is 60.7 Å². The second kappa shape index (κ2) is 15.0. The van der Waals surface area contributed by atoms with Crippen molar-refractivity contribution in [2.75, 3.05) is 45.2 Å². The van der Waals surface area contributed by atoms with Gasteiger partial charge in [0.1, 0.15) is 6.79 Å². The highest BCUT2D eigenvalue weighted by atomic mass is 32.2. The Kier molecular flexibility index (Phi) is 12.4. The van der Waals surface area contributed by atoms with Gasteiger partial charge in [-0.1, -0.05) is 88.4 Å². The lowest BCUT2D eigenvalue weighted by Crippen LogP contribution is -2.67. The van der Waals surface area contributed by atoms with Gasteiger partial charge < -0.3 is 18.6 Å². The van der Waals surface area contributed by atoms with Crippen molar-refractivity contribution in [1.82, 2.24) is 0 Å². The molecule has 1 fully saturated rings. The van der Waals surface area contributed by atoms with Crippen LogP contribution in [-0.2, 0) is 18.6 Å². The number of rotatable bonds is 14. The minimum atomic E-state index is -2.57. The average molecular weight is 549 g/mol. The van der Waals surface area contributed by atoms with E-state index in [1.54, 1.807) is 7.11 Å². The van der Waals surface area contributed by atoms with Crippen molar-refractivity contribution in [2.45, 2.75) is 56.3 Å². The molecule has 1 heterocycles. The molecule has 0 radical (unpaired) electrons. The SMILES string of the molecule is COCCOCO[C@@H](CC1SCCCS1)[C@H](C)CO[Si](c1ccccc1)(c1ccccc1)C(C)(C)C. The fourth-order valence-electron chi connectivity index (χ4n) is 4.79. The molecule has 0 aromatic heterocycles. The van der Waals surface area contributed by atoms with E-state index in [9.17, 15) is 0 Å². The van der Waals surface area contributed by atoms with E-state index in [1.165, 1.54) is 28.3 Å². The van der Waals surface area contributed by atoms with Crippen molar-refractivity contribution in [1.29, 1.82) is 0 Å². The topological polar surface area (TPSA) is 36.9 Å². The molecule has 0 saturated carbocycles. The number of ether oxygens (including phenoxy) is 3. The highest BCUT2D eigenvalue weighted by Gasteiger charge is 2.50. The van der Waals surface area contributed by atoms with Crippen molar-refractivity contribution in [2.24, 2.45) is 5.92 Å². The first-order valence-corrected chi connectivity index (χ1v) is 17.1. The number of hydrogen-bond acceptors (Lipinski definition) is 6. The molecule has 0 N–H and O–H groups in total. The molecule has 200 valence electrons. The quantitative estimate of drug-likeness (QED) is 0.169. The van der Waals surface area contributed by atoms with Crippen LogP contribution >= 0.6 is 23.5 Å². The fraction of sp³-hybridized carbons (Fsp3) is 0.586. The molecule has 0 spiro atoms. The molecule has 36 heavy (non-hydrogen) atoms. The lowest BCUT2D eigenvalue weighted by molar-refractivity contribution is -0.116.